The van der Waals surface area contributed by atoms with Crippen molar-refractivity contribution in [3.8, 4) is 0 Å². The largest absolute Gasteiger partial charge is 0.489 e. The monoisotopic (exact) mass is 148 g/mol. The van der Waals surface area contributed by atoms with Gasteiger partial charge in [0.25, 0.3) is 0 Å². The topological polar surface area (TPSA) is 9.23 Å². The third-order valence-corrected chi connectivity index (χ3v) is 1.58. The van der Waals surface area contributed by atoms with Gasteiger partial charge in [0.2, 0.25) is 0 Å². The van der Waals surface area contributed by atoms with Crippen LogP contribution in [0.5, 0.6) is 0 Å². The van der Waals surface area contributed by atoms with E-state index in [0.29, 0.717) is 0 Å². The SMILES string of the molecule is CCC1=CC(OC)=C=CC=C1. The highest BCUT2D eigenvalue weighted by atomic mass is 16.5. The minimum absolute atomic E-state index is 0.798. The molecule has 0 heterocycles. The molecule has 0 fully saturated rings. The highest BCUT2D eigenvalue weighted by Crippen LogP contribution is 2.10. The summed E-state index contributed by atoms with van der Waals surface area (Å²) < 4.78 is 5.06. The van der Waals surface area contributed by atoms with Crippen LogP contribution in [0.15, 0.2) is 41.4 Å². The average Bonchev–Trinajstić information content (AvgIpc) is 2.28. The maximum absolute atomic E-state index is 5.06. The molecule has 0 N–H and O–H groups in total. The lowest BCUT2D eigenvalue weighted by atomic mass is 10.2. The molecule has 0 aromatic heterocycles. The van der Waals surface area contributed by atoms with Crippen molar-refractivity contribution in [2.24, 2.45) is 0 Å². The molecule has 0 saturated carbocycles. The summed E-state index contributed by atoms with van der Waals surface area (Å²) in [4.78, 5) is 0. The maximum Gasteiger partial charge on any atom is 0.162 e. The first-order valence-corrected chi connectivity index (χ1v) is 3.74. The van der Waals surface area contributed by atoms with Crippen molar-refractivity contribution >= 4 is 0 Å². The van der Waals surface area contributed by atoms with E-state index in [1.165, 1.54) is 5.57 Å². The zero-order chi connectivity index (χ0) is 8.10. The first-order chi connectivity index (χ1) is 5.36. The van der Waals surface area contributed by atoms with Gasteiger partial charge in [0.1, 0.15) is 0 Å². The molecule has 0 aliphatic heterocycles. The quantitative estimate of drug-likeness (QED) is 0.547. The van der Waals surface area contributed by atoms with Crippen LogP contribution < -0.4 is 0 Å². The molecule has 1 aliphatic carbocycles. The second kappa shape index (κ2) is 3.85. The number of hydrogen-bond donors (Lipinski definition) is 0. The van der Waals surface area contributed by atoms with Crippen LogP contribution in [0.1, 0.15) is 13.3 Å². The van der Waals surface area contributed by atoms with Crippen molar-refractivity contribution in [3.05, 3.63) is 41.4 Å². The van der Waals surface area contributed by atoms with Crippen LogP contribution in [0.25, 0.3) is 0 Å². The van der Waals surface area contributed by atoms with Gasteiger partial charge in [0.15, 0.2) is 5.76 Å². The molecular weight excluding hydrogens is 136 g/mol. The molecule has 0 saturated heterocycles. The van der Waals surface area contributed by atoms with E-state index in [1.807, 2.05) is 18.2 Å². The molecule has 0 amide bonds. The Labute approximate surface area is 67.4 Å². The Balaban J connectivity index is 2.89. The fraction of sp³-hybridized carbons (Fsp3) is 0.300. The van der Waals surface area contributed by atoms with E-state index in [2.05, 4.69) is 18.7 Å². The van der Waals surface area contributed by atoms with Gasteiger partial charge in [-0.25, -0.2) is 0 Å². The van der Waals surface area contributed by atoms with Gasteiger partial charge in [-0.1, -0.05) is 24.8 Å². The fourth-order valence-corrected chi connectivity index (χ4v) is 0.898. The molecule has 1 rings (SSSR count). The third-order valence-electron chi connectivity index (χ3n) is 1.58. The van der Waals surface area contributed by atoms with Crippen molar-refractivity contribution < 1.29 is 4.74 Å². The molecule has 0 unspecified atom stereocenters. The van der Waals surface area contributed by atoms with E-state index in [4.69, 9.17) is 4.74 Å². The highest BCUT2D eigenvalue weighted by molar-refractivity contribution is 5.31. The lowest BCUT2D eigenvalue weighted by molar-refractivity contribution is 0.307. The molecule has 0 bridgehead atoms. The Hall–Kier alpha value is -1.20. The molecule has 1 nitrogen and oxygen atoms in total. The molecule has 0 radical (unpaired) electrons. The Morgan fingerprint density at radius 2 is 2.36 bits per heavy atom. The number of methoxy groups -OCH3 is 1. The van der Waals surface area contributed by atoms with E-state index >= 15 is 0 Å². The van der Waals surface area contributed by atoms with Gasteiger partial charge in [-0.2, -0.15) is 0 Å². The molecule has 11 heavy (non-hydrogen) atoms. The second-order valence-corrected chi connectivity index (χ2v) is 2.31. The van der Waals surface area contributed by atoms with Crippen LogP contribution in [-0.2, 0) is 4.74 Å². The van der Waals surface area contributed by atoms with Gasteiger partial charge in [-0.05, 0) is 24.1 Å². The average molecular weight is 148 g/mol. The lowest BCUT2D eigenvalue weighted by Gasteiger charge is -1.97. The van der Waals surface area contributed by atoms with E-state index in [-0.39, 0.29) is 0 Å². The van der Waals surface area contributed by atoms with Crippen LogP contribution >= 0.6 is 0 Å². The molecule has 0 aromatic carbocycles. The van der Waals surface area contributed by atoms with Crippen LogP contribution in [0.4, 0.5) is 0 Å². The van der Waals surface area contributed by atoms with E-state index in [9.17, 15) is 0 Å². The van der Waals surface area contributed by atoms with Crippen molar-refractivity contribution in [2.75, 3.05) is 7.11 Å². The van der Waals surface area contributed by atoms with Crippen molar-refractivity contribution in [1.82, 2.24) is 0 Å². The van der Waals surface area contributed by atoms with E-state index in [0.717, 1.165) is 12.2 Å². The number of ether oxygens (including phenoxy) is 1. The van der Waals surface area contributed by atoms with Gasteiger partial charge in [-0.3, -0.25) is 0 Å². The van der Waals surface area contributed by atoms with Crippen molar-refractivity contribution in [2.45, 2.75) is 13.3 Å². The number of rotatable bonds is 2. The Kier molecular flexibility index (Phi) is 2.76. The fourth-order valence-electron chi connectivity index (χ4n) is 0.898. The summed E-state index contributed by atoms with van der Waals surface area (Å²) >= 11 is 0. The third kappa shape index (κ3) is 2.14. The van der Waals surface area contributed by atoms with Crippen molar-refractivity contribution in [3.63, 3.8) is 0 Å². The normalized spacial score (nSPS) is 15.5. The predicted octanol–water partition coefficient (Wildman–Crippen LogP) is 2.58. The summed E-state index contributed by atoms with van der Waals surface area (Å²) in [5.74, 6) is 0.798. The zero-order valence-electron chi connectivity index (χ0n) is 6.92. The second-order valence-electron chi connectivity index (χ2n) is 2.31. The zero-order valence-corrected chi connectivity index (χ0v) is 6.92. The first kappa shape index (κ1) is 7.90. The van der Waals surface area contributed by atoms with Gasteiger partial charge >= 0.3 is 0 Å². The van der Waals surface area contributed by atoms with Crippen LogP contribution in [-0.4, -0.2) is 7.11 Å². The van der Waals surface area contributed by atoms with Gasteiger partial charge in [0.05, 0.1) is 7.11 Å². The molecular formula is C10H12O. The van der Waals surface area contributed by atoms with Gasteiger partial charge in [0, 0.05) is 0 Å². The van der Waals surface area contributed by atoms with Crippen molar-refractivity contribution in [1.29, 1.82) is 0 Å². The smallest absolute Gasteiger partial charge is 0.162 e. The van der Waals surface area contributed by atoms with E-state index < -0.39 is 0 Å². The lowest BCUT2D eigenvalue weighted by Crippen LogP contribution is -1.81. The number of allylic oxidation sites excluding steroid dienone is 4. The van der Waals surface area contributed by atoms with Gasteiger partial charge in [-0.15, -0.1) is 0 Å². The minimum atomic E-state index is 0.798. The highest BCUT2D eigenvalue weighted by Gasteiger charge is 1.93. The minimum Gasteiger partial charge on any atom is -0.489 e. The predicted molar refractivity (Wildman–Crippen MR) is 46.1 cm³/mol. The molecule has 0 aromatic rings. The maximum atomic E-state index is 5.06. The van der Waals surface area contributed by atoms with Crippen LogP contribution in [0.3, 0.4) is 0 Å². The summed E-state index contributed by atoms with van der Waals surface area (Å²) in [6.45, 7) is 2.12. The summed E-state index contributed by atoms with van der Waals surface area (Å²) in [5.41, 5.74) is 4.27. The first-order valence-electron chi connectivity index (χ1n) is 3.74. The standard InChI is InChI=1S/C10H12O/c1-3-9-6-4-5-7-10(8-9)11-2/h4-6,8H,3H2,1-2H3. The summed E-state index contributed by atoms with van der Waals surface area (Å²) in [6, 6.07) is 0. The number of hydrogen-bond acceptors (Lipinski definition) is 1. The van der Waals surface area contributed by atoms with E-state index in [1.54, 1.807) is 7.11 Å². The van der Waals surface area contributed by atoms with Crippen LogP contribution in [0.2, 0.25) is 0 Å². The van der Waals surface area contributed by atoms with Crippen LogP contribution in [0, 0.1) is 0 Å². The molecule has 0 spiro atoms. The Bertz CT molecular complexity index is 250. The summed E-state index contributed by atoms with van der Waals surface area (Å²) in [5, 5.41) is 0. The summed E-state index contributed by atoms with van der Waals surface area (Å²) in [7, 11) is 1.66. The Morgan fingerprint density at radius 1 is 1.55 bits per heavy atom. The molecule has 1 heteroatoms. The Morgan fingerprint density at radius 3 is 3.00 bits per heavy atom. The molecule has 58 valence electrons. The molecule has 0 atom stereocenters. The summed E-state index contributed by atoms with van der Waals surface area (Å²) in [6.07, 6.45) is 8.93. The molecule has 1 aliphatic rings. The van der Waals surface area contributed by atoms with Gasteiger partial charge < -0.3 is 4.74 Å².